The van der Waals surface area contributed by atoms with E-state index in [0.717, 1.165) is 18.2 Å². The lowest BCUT2D eigenvalue weighted by molar-refractivity contribution is 0.0947. The molecular formula is C18H21NO3S. The molecule has 0 unspecified atom stereocenters. The second-order valence-electron chi connectivity index (χ2n) is 5.49. The maximum absolute atomic E-state index is 12.4. The molecule has 0 saturated carbocycles. The zero-order valence-corrected chi connectivity index (χ0v) is 14.1. The van der Waals surface area contributed by atoms with Crippen LogP contribution in [0.25, 0.3) is 0 Å². The number of carbonyl (C=O) groups excluding carboxylic acids is 1. The van der Waals surface area contributed by atoms with Gasteiger partial charge < -0.3 is 5.32 Å². The summed E-state index contributed by atoms with van der Waals surface area (Å²) in [7, 11) is -3.44. The number of benzene rings is 2. The van der Waals surface area contributed by atoms with Crippen LogP contribution >= 0.6 is 0 Å². The maximum Gasteiger partial charge on any atom is 0.252 e. The zero-order chi connectivity index (χ0) is 16.9. The molecular weight excluding hydrogens is 310 g/mol. The molecule has 2 aromatic rings. The largest absolute Gasteiger partial charge is 0.351 e. The predicted molar refractivity (Wildman–Crippen MR) is 91.4 cm³/mol. The molecule has 1 N–H and O–H groups in total. The van der Waals surface area contributed by atoms with Gasteiger partial charge in [-0.3, -0.25) is 4.79 Å². The van der Waals surface area contributed by atoms with Gasteiger partial charge in [0.05, 0.1) is 10.5 Å². The van der Waals surface area contributed by atoms with Crippen molar-refractivity contribution in [3.8, 4) is 0 Å². The second kappa shape index (κ2) is 7.42. The number of nitrogens with one attached hydrogen (secondary N) is 1. The van der Waals surface area contributed by atoms with E-state index >= 15 is 0 Å². The molecule has 1 atom stereocenters. The van der Waals surface area contributed by atoms with Crippen LogP contribution in [-0.4, -0.2) is 27.1 Å². The van der Waals surface area contributed by atoms with Crippen LogP contribution in [0, 0.1) is 0 Å². The molecule has 1 amide bonds. The van der Waals surface area contributed by atoms with Gasteiger partial charge in [0, 0.05) is 18.7 Å². The average Bonchev–Trinajstić information content (AvgIpc) is 2.55. The van der Waals surface area contributed by atoms with Gasteiger partial charge in [-0.2, -0.15) is 0 Å². The van der Waals surface area contributed by atoms with Crippen LogP contribution in [0.3, 0.4) is 0 Å². The second-order valence-corrected chi connectivity index (χ2v) is 7.48. The summed E-state index contributed by atoms with van der Waals surface area (Å²) in [5.74, 6) is -0.161. The SMILES string of the molecule is CC[C@H](CNC(=O)c1ccccc1S(C)(=O)=O)c1ccccc1. The Morgan fingerprint density at radius 2 is 1.65 bits per heavy atom. The Morgan fingerprint density at radius 3 is 2.26 bits per heavy atom. The average molecular weight is 331 g/mol. The molecule has 23 heavy (non-hydrogen) atoms. The highest BCUT2D eigenvalue weighted by molar-refractivity contribution is 7.90. The molecule has 0 heterocycles. The van der Waals surface area contributed by atoms with E-state index in [0.29, 0.717) is 6.54 Å². The minimum atomic E-state index is -3.44. The van der Waals surface area contributed by atoms with Gasteiger partial charge in [0.2, 0.25) is 0 Å². The summed E-state index contributed by atoms with van der Waals surface area (Å²) in [6.07, 6.45) is 2.00. The molecule has 5 heteroatoms. The highest BCUT2D eigenvalue weighted by Gasteiger charge is 2.19. The van der Waals surface area contributed by atoms with Crippen LogP contribution in [0.4, 0.5) is 0 Å². The summed E-state index contributed by atoms with van der Waals surface area (Å²) >= 11 is 0. The third kappa shape index (κ3) is 4.42. The standard InChI is InChI=1S/C18H21NO3S/c1-3-14(15-9-5-4-6-10-15)13-19-18(20)16-11-7-8-12-17(16)23(2,21)22/h4-12,14H,3,13H2,1-2H3,(H,19,20)/t14-/m1/s1. The molecule has 0 radical (unpaired) electrons. The van der Waals surface area contributed by atoms with Gasteiger partial charge in [-0.25, -0.2) is 8.42 Å². The first-order valence-corrected chi connectivity index (χ1v) is 9.45. The lowest BCUT2D eigenvalue weighted by Gasteiger charge is -2.17. The molecule has 0 aliphatic carbocycles. The first kappa shape index (κ1) is 17.2. The number of amides is 1. The maximum atomic E-state index is 12.4. The molecule has 0 fully saturated rings. The van der Waals surface area contributed by atoms with Crippen molar-refractivity contribution >= 4 is 15.7 Å². The lowest BCUT2D eigenvalue weighted by atomic mass is 9.96. The molecule has 2 rings (SSSR count). The fourth-order valence-electron chi connectivity index (χ4n) is 2.51. The van der Waals surface area contributed by atoms with Crippen molar-refractivity contribution < 1.29 is 13.2 Å². The van der Waals surface area contributed by atoms with Crippen LogP contribution in [0.5, 0.6) is 0 Å². The normalized spacial score (nSPS) is 12.6. The third-order valence-electron chi connectivity index (χ3n) is 3.80. The van der Waals surface area contributed by atoms with Crippen molar-refractivity contribution in [3.63, 3.8) is 0 Å². The molecule has 0 aromatic heterocycles. The van der Waals surface area contributed by atoms with Crippen molar-refractivity contribution in [1.29, 1.82) is 0 Å². The number of sulfone groups is 1. The van der Waals surface area contributed by atoms with Crippen molar-refractivity contribution in [2.45, 2.75) is 24.2 Å². The van der Waals surface area contributed by atoms with E-state index in [9.17, 15) is 13.2 Å². The van der Waals surface area contributed by atoms with Gasteiger partial charge in [0.15, 0.2) is 9.84 Å². The minimum Gasteiger partial charge on any atom is -0.351 e. The smallest absolute Gasteiger partial charge is 0.252 e. The molecule has 4 nitrogen and oxygen atoms in total. The molecule has 0 aliphatic heterocycles. The fourth-order valence-corrected chi connectivity index (χ4v) is 3.40. The van der Waals surface area contributed by atoms with Gasteiger partial charge in [0.1, 0.15) is 0 Å². The Labute approximate surface area is 137 Å². The van der Waals surface area contributed by atoms with Crippen molar-refractivity contribution in [3.05, 3.63) is 65.7 Å². The molecule has 0 saturated heterocycles. The fraction of sp³-hybridized carbons (Fsp3) is 0.278. The van der Waals surface area contributed by atoms with E-state index in [-0.39, 0.29) is 22.3 Å². The highest BCUT2D eigenvalue weighted by Crippen LogP contribution is 2.19. The number of hydrogen-bond donors (Lipinski definition) is 1. The third-order valence-corrected chi connectivity index (χ3v) is 4.96. The van der Waals surface area contributed by atoms with Crippen LogP contribution < -0.4 is 5.32 Å². The van der Waals surface area contributed by atoms with Crippen LogP contribution in [0.1, 0.15) is 35.2 Å². The molecule has 0 aliphatic rings. The summed E-state index contributed by atoms with van der Waals surface area (Å²) in [5.41, 5.74) is 1.35. The Kier molecular flexibility index (Phi) is 5.55. The Balaban J connectivity index is 2.14. The summed E-state index contributed by atoms with van der Waals surface area (Å²) in [6.45, 7) is 2.53. The van der Waals surface area contributed by atoms with Gasteiger partial charge in [-0.1, -0.05) is 49.4 Å². The summed E-state index contributed by atoms with van der Waals surface area (Å²) in [6, 6.07) is 16.2. The molecule has 0 spiro atoms. The van der Waals surface area contributed by atoms with Gasteiger partial charge in [-0.05, 0) is 24.1 Å². The number of hydrogen-bond acceptors (Lipinski definition) is 3. The first-order valence-electron chi connectivity index (χ1n) is 7.55. The van der Waals surface area contributed by atoms with E-state index in [1.54, 1.807) is 12.1 Å². The van der Waals surface area contributed by atoms with Crippen LogP contribution in [0.15, 0.2) is 59.5 Å². The Morgan fingerprint density at radius 1 is 1.04 bits per heavy atom. The van der Waals surface area contributed by atoms with E-state index in [4.69, 9.17) is 0 Å². The predicted octanol–water partition coefficient (Wildman–Crippen LogP) is 3.01. The van der Waals surface area contributed by atoms with E-state index in [2.05, 4.69) is 12.2 Å². The quantitative estimate of drug-likeness (QED) is 0.885. The summed E-state index contributed by atoms with van der Waals surface area (Å²) < 4.78 is 23.6. The first-order chi connectivity index (χ1) is 10.9. The van der Waals surface area contributed by atoms with Gasteiger partial charge in [-0.15, -0.1) is 0 Å². The summed E-state index contributed by atoms with van der Waals surface area (Å²) in [4.78, 5) is 12.4. The topological polar surface area (TPSA) is 63.2 Å². The van der Waals surface area contributed by atoms with Crippen LogP contribution in [-0.2, 0) is 9.84 Å². The minimum absolute atomic E-state index is 0.0604. The van der Waals surface area contributed by atoms with Crippen LogP contribution in [0.2, 0.25) is 0 Å². The molecule has 2 aromatic carbocycles. The van der Waals surface area contributed by atoms with Gasteiger partial charge in [0.25, 0.3) is 5.91 Å². The Hall–Kier alpha value is -2.14. The Bertz CT molecular complexity index is 770. The summed E-state index contributed by atoms with van der Waals surface area (Å²) in [5, 5.41) is 2.86. The monoisotopic (exact) mass is 331 g/mol. The highest BCUT2D eigenvalue weighted by atomic mass is 32.2. The molecule has 122 valence electrons. The van der Waals surface area contributed by atoms with Crippen molar-refractivity contribution in [2.75, 3.05) is 12.8 Å². The molecule has 0 bridgehead atoms. The van der Waals surface area contributed by atoms with E-state index in [1.165, 1.54) is 12.1 Å². The van der Waals surface area contributed by atoms with Crippen molar-refractivity contribution in [1.82, 2.24) is 5.32 Å². The number of rotatable bonds is 6. The zero-order valence-electron chi connectivity index (χ0n) is 13.3. The number of carbonyl (C=O) groups is 1. The van der Waals surface area contributed by atoms with Gasteiger partial charge >= 0.3 is 0 Å². The lowest BCUT2D eigenvalue weighted by Crippen LogP contribution is -2.29. The van der Waals surface area contributed by atoms with E-state index in [1.807, 2.05) is 30.3 Å². The van der Waals surface area contributed by atoms with E-state index < -0.39 is 9.84 Å². The van der Waals surface area contributed by atoms with Crippen molar-refractivity contribution in [2.24, 2.45) is 0 Å².